The first kappa shape index (κ1) is 13.8. The Labute approximate surface area is 115 Å². The van der Waals surface area contributed by atoms with Crippen LogP contribution in [0.25, 0.3) is 0 Å². The summed E-state index contributed by atoms with van der Waals surface area (Å²) in [5.41, 5.74) is 2.75. The molecule has 1 N–H and O–H groups in total. The maximum atomic E-state index is 9.33. The third-order valence-electron chi connectivity index (χ3n) is 3.84. The highest BCUT2D eigenvalue weighted by Crippen LogP contribution is 2.26. The maximum absolute atomic E-state index is 9.33. The van der Waals surface area contributed by atoms with E-state index in [0.29, 0.717) is 0 Å². The van der Waals surface area contributed by atoms with Crippen LogP contribution in [0.15, 0.2) is 6.07 Å². The molecule has 1 saturated heterocycles. The molecule has 0 aromatic carbocycles. The Balaban J connectivity index is 2.18. The van der Waals surface area contributed by atoms with Crippen LogP contribution < -0.4 is 10.2 Å². The van der Waals surface area contributed by atoms with Crippen LogP contribution in [0.4, 0.5) is 5.82 Å². The van der Waals surface area contributed by atoms with Gasteiger partial charge < -0.3 is 10.2 Å². The Bertz CT molecular complexity index is 482. The van der Waals surface area contributed by atoms with Crippen LogP contribution in [-0.2, 0) is 0 Å². The lowest BCUT2D eigenvalue weighted by Crippen LogP contribution is -2.37. The van der Waals surface area contributed by atoms with E-state index in [0.717, 1.165) is 48.2 Å². The zero-order valence-electron chi connectivity index (χ0n) is 12.0. The Kier molecular flexibility index (Phi) is 4.39. The molecule has 0 amide bonds. The van der Waals surface area contributed by atoms with Crippen LogP contribution in [0, 0.1) is 31.1 Å². The normalized spacial score (nSPS) is 16.4. The van der Waals surface area contributed by atoms with Gasteiger partial charge in [0, 0.05) is 18.8 Å². The number of aryl methyl sites for hydroxylation is 2. The molecule has 2 heterocycles. The minimum Gasteiger partial charge on any atom is -0.355 e. The lowest BCUT2D eigenvalue weighted by Gasteiger charge is -2.33. The van der Waals surface area contributed by atoms with Crippen molar-refractivity contribution in [1.29, 1.82) is 5.26 Å². The molecule has 1 aromatic heterocycles. The number of anilines is 1. The molecule has 4 nitrogen and oxygen atoms in total. The number of hydrogen-bond acceptors (Lipinski definition) is 4. The van der Waals surface area contributed by atoms with Crippen LogP contribution in [0.1, 0.15) is 29.7 Å². The number of rotatable bonds is 3. The summed E-state index contributed by atoms with van der Waals surface area (Å²) in [4.78, 5) is 6.86. The molecule has 1 fully saturated rings. The van der Waals surface area contributed by atoms with E-state index in [1.165, 1.54) is 12.8 Å². The van der Waals surface area contributed by atoms with Crippen molar-refractivity contribution < 1.29 is 0 Å². The van der Waals surface area contributed by atoms with Crippen molar-refractivity contribution in [3.63, 3.8) is 0 Å². The predicted molar refractivity (Wildman–Crippen MR) is 77.3 cm³/mol. The Morgan fingerprint density at radius 1 is 1.42 bits per heavy atom. The fraction of sp³-hybridized carbons (Fsp3) is 0.600. The molecule has 1 aliphatic rings. The summed E-state index contributed by atoms with van der Waals surface area (Å²) in [5, 5.41) is 12.6. The van der Waals surface area contributed by atoms with E-state index in [9.17, 15) is 5.26 Å². The molecule has 0 aliphatic carbocycles. The molecule has 0 radical (unpaired) electrons. The number of nitrogens with one attached hydrogen (secondary N) is 1. The first-order valence-corrected chi connectivity index (χ1v) is 6.93. The maximum Gasteiger partial charge on any atom is 0.147 e. The Morgan fingerprint density at radius 3 is 2.68 bits per heavy atom. The summed E-state index contributed by atoms with van der Waals surface area (Å²) in [6.07, 6.45) is 2.33. The third kappa shape index (κ3) is 3.05. The van der Waals surface area contributed by atoms with Crippen molar-refractivity contribution in [3.05, 3.63) is 22.9 Å². The standard InChI is InChI=1S/C15H22N4/c1-11-8-12(2)18-15(14(11)9-16)19-6-4-13(5-7-19)10-17-3/h8,13,17H,4-7,10H2,1-3H3. The number of pyridine rings is 1. The summed E-state index contributed by atoms with van der Waals surface area (Å²) in [5.74, 6) is 1.63. The second kappa shape index (κ2) is 6.03. The largest absolute Gasteiger partial charge is 0.355 e. The minimum atomic E-state index is 0.734. The molecular formula is C15H22N4. The second-order valence-electron chi connectivity index (χ2n) is 5.38. The number of nitrogens with zero attached hydrogens (tertiary/aromatic N) is 3. The van der Waals surface area contributed by atoms with Gasteiger partial charge >= 0.3 is 0 Å². The van der Waals surface area contributed by atoms with Gasteiger partial charge in [0.15, 0.2) is 0 Å². The van der Waals surface area contributed by atoms with E-state index in [1.54, 1.807) is 0 Å². The van der Waals surface area contributed by atoms with E-state index in [-0.39, 0.29) is 0 Å². The van der Waals surface area contributed by atoms with Crippen LogP contribution in [0.5, 0.6) is 0 Å². The number of nitriles is 1. The zero-order chi connectivity index (χ0) is 13.8. The molecule has 2 rings (SSSR count). The number of aromatic nitrogens is 1. The molecule has 0 bridgehead atoms. The van der Waals surface area contributed by atoms with E-state index in [4.69, 9.17) is 0 Å². The van der Waals surface area contributed by atoms with Gasteiger partial charge in [0.1, 0.15) is 11.9 Å². The lowest BCUT2D eigenvalue weighted by molar-refractivity contribution is 0.392. The van der Waals surface area contributed by atoms with Crippen LogP contribution in [0.2, 0.25) is 0 Å². The van der Waals surface area contributed by atoms with Crippen molar-refractivity contribution in [3.8, 4) is 6.07 Å². The first-order chi connectivity index (χ1) is 9.15. The molecule has 1 aliphatic heterocycles. The molecule has 102 valence electrons. The molecule has 0 saturated carbocycles. The third-order valence-corrected chi connectivity index (χ3v) is 3.84. The van der Waals surface area contributed by atoms with E-state index in [2.05, 4.69) is 21.3 Å². The second-order valence-corrected chi connectivity index (χ2v) is 5.38. The van der Waals surface area contributed by atoms with Crippen molar-refractivity contribution in [2.45, 2.75) is 26.7 Å². The topological polar surface area (TPSA) is 52.0 Å². The molecule has 0 atom stereocenters. The quantitative estimate of drug-likeness (QED) is 0.901. The summed E-state index contributed by atoms with van der Waals surface area (Å²) in [6.45, 7) is 7.06. The smallest absolute Gasteiger partial charge is 0.147 e. The average molecular weight is 258 g/mol. The van der Waals surface area contributed by atoms with Crippen molar-refractivity contribution in [2.75, 3.05) is 31.6 Å². The molecule has 1 aromatic rings. The van der Waals surface area contributed by atoms with E-state index in [1.807, 2.05) is 27.0 Å². The Morgan fingerprint density at radius 2 is 2.11 bits per heavy atom. The Hall–Kier alpha value is -1.60. The molecule has 19 heavy (non-hydrogen) atoms. The fourth-order valence-corrected chi connectivity index (χ4v) is 2.82. The van der Waals surface area contributed by atoms with Crippen molar-refractivity contribution in [2.24, 2.45) is 5.92 Å². The molecular weight excluding hydrogens is 236 g/mol. The molecule has 0 unspecified atom stereocenters. The number of piperidine rings is 1. The van der Waals surface area contributed by atoms with Gasteiger partial charge in [-0.25, -0.2) is 4.98 Å². The summed E-state index contributed by atoms with van der Waals surface area (Å²) in [7, 11) is 2.01. The molecule has 4 heteroatoms. The summed E-state index contributed by atoms with van der Waals surface area (Å²) in [6, 6.07) is 4.29. The van der Waals surface area contributed by atoms with Gasteiger partial charge in [-0.05, 0) is 57.8 Å². The highest BCUT2D eigenvalue weighted by molar-refractivity contribution is 5.58. The highest BCUT2D eigenvalue weighted by Gasteiger charge is 2.22. The monoisotopic (exact) mass is 258 g/mol. The van der Waals surface area contributed by atoms with Gasteiger partial charge in [-0.1, -0.05) is 0 Å². The minimum absolute atomic E-state index is 0.734. The van der Waals surface area contributed by atoms with Crippen molar-refractivity contribution >= 4 is 5.82 Å². The van der Waals surface area contributed by atoms with Gasteiger partial charge in [0.25, 0.3) is 0 Å². The van der Waals surface area contributed by atoms with Crippen LogP contribution in [0.3, 0.4) is 0 Å². The van der Waals surface area contributed by atoms with Crippen LogP contribution >= 0.6 is 0 Å². The summed E-state index contributed by atoms with van der Waals surface area (Å²) >= 11 is 0. The van der Waals surface area contributed by atoms with E-state index < -0.39 is 0 Å². The zero-order valence-corrected chi connectivity index (χ0v) is 12.0. The summed E-state index contributed by atoms with van der Waals surface area (Å²) < 4.78 is 0. The predicted octanol–water partition coefficient (Wildman–Crippen LogP) is 2.01. The average Bonchev–Trinajstić information content (AvgIpc) is 2.39. The molecule has 0 spiro atoms. The van der Waals surface area contributed by atoms with Crippen molar-refractivity contribution in [1.82, 2.24) is 10.3 Å². The lowest BCUT2D eigenvalue weighted by atomic mass is 9.96. The van der Waals surface area contributed by atoms with Gasteiger partial charge in [-0.3, -0.25) is 0 Å². The van der Waals surface area contributed by atoms with Gasteiger partial charge in [-0.2, -0.15) is 5.26 Å². The van der Waals surface area contributed by atoms with Crippen LogP contribution in [-0.4, -0.2) is 31.7 Å². The number of hydrogen-bond donors (Lipinski definition) is 1. The van der Waals surface area contributed by atoms with Gasteiger partial charge in [0.2, 0.25) is 0 Å². The first-order valence-electron chi connectivity index (χ1n) is 6.93. The highest BCUT2D eigenvalue weighted by atomic mass is 15.2. The van der Waals surface area contributed by atoms with Gasteiger partial charge in [-0.15, -0.1) is 0 Å². The fourth-order valence-electron chi connectivity index (χ4n) is 2.82. The van der Waals surface area contributed by atoms with E-state index >= 15 is 0 Å². The SMILES string of the molecule is CNCC1CCN(c2nc(C)cc(C)c2C#N)CC1. The van der Waals surface area contributed by atoms with Gasteiger partial charge in [0.05, 0.1) is 5.56 Å².